The van der Waals surface area contributed by atoms with Crippen LogP contribution in [0.25, 0.3) is 21.9 Å². The highest BCUT2D eigenvalue weighted by Gasteiger charge is 2.19. The molecule has 27 heavy (non-hydrogen) atoms. The van der Waals surface area contributed by atoms with Gasteiger partial charge in [0.2, 0.25) is 0 Å². The Bertz CT molecular complexity index is 839. The smallest absolute Gasteiger partial charge is 0.152 e. The maximum Gasteiger partial charge on any atom is 0.152 e. The number of nitrogens with zero attached hydrogens (tertiary/aromatic N) is 5. The number of likely N-dealkylation sites (N-methyl/N-ethyl adjacent to an activating group) is 1. The molecule has 4 rings (SSSR count). The zero-order valence-corrected chi connectivity index (χ0v) is 17.1. The molecule has 148 valence electrons. The van der Waals surface area contributed by atoms with Crippen LogP contribution >= 0.6 is 0 Å². The Morgan fingerprint density at radius 1 is 1.04 bits per heavy atom. The Morgan fingerprint density at radius 3 is 2.37 bits per heavy atom. The van der Waals surface area contributed by atoms with E-state index in [1.165, 1.54) is 0 Å². The number of nitrogens with two attached hydrogens (primary N) is 1. The van der Waals surface area contributed by atoms with E-state index in [0.717, 1.165) is 49.1 Å². The summed E-state index contributed by atoms with van der Waals surface area (Å²) in [6.45, 7) is 15.0. The topological polar surface area (TPSA) is 72.4 Å². The Kier molecular flexibility index (Phi) is 7.82. The molecular formula is C20H32N6O. The minimum Gasteiger partial charge on any atom is -0.382 e. The standard InChI is InChI=1S/C16H20N6O.2C2H6/c1-2-20-7-9-21(10-8-20)23-22-11-18-14-15(22)12-5-3-4-6-13(12)19-16(14)17;2*1-2/h3-6,11H,2,7-10H2,1H3,(H2,17,19);2*1-2H3. The van der Waals surface area contributed by atoms with Gasteiger partial charge in [-0.3, -0.25) is 0 Å². The number of aromatic nitrogens is 3. The maximum atomic E-state index is 6.04. The van der Waals surface area contributed by atoms with Crippen LogP contribution in [0.3, 0.4) is 0 Å². The van der Waals surface area contributed by atoms with Crippen LogP contribution in [0.5, 0.6) is 0 Å². The Morgan fingerprint density at radius 2 is 1.70 bits per heavy atom. The van der Waals surface area contributed by atoms with Gasteiger partial charge in [0.1, 0.15) is 17.4 Å². The van der Waals surface area contributed by atoms with E-state index in [9.17, 15) is 0 Å². The summed E-state index contributed by atoms with van der Waals surface area (Å²) in [5, 5.41) is 2.96. The van der Waals surface area contributed by atoms with Gasteiger partial charge in [-0.05, 0) is 12.6 Å². The molecule has 1 aliphatic heterocycles. The molecule has 0 aliphatic carbocycles. The summed E-state index contributed by atoms with van der Waals surface area (Å²) < 4.78 is 1.71. The molecular weight excluding hydrogens is 340 g/mol. The van der Waals surface area contributed by atoms with Crippen LogP contribution in [0.4, 0.5) is 5.82 Å². The van der Waals surface area contributed by atoms with Gasteiger partial charge in [0.05, 0.1) is 5.52 Å². The number of pyridine rings is 1. The second-order valence-electron chi connectivity index (χ2n) is 5.73. The number of piperazine rings is 1. The average molecular weight is 373 g/mol. The monoisotopic (exact) mass is 372 g/mol. The molecule has 0 bridgehead atoms. The number of hydrogen-bond acceptors (Lipinski definition) is 6. The van der Waals surface area contributed by atoms with Crippen molar-refractivity contribution in [3.05, 3.63) is 30.6 Å². The van der Waals surface area contributed by atoms with Crippen LogP contribution in [-0.4, -0.2) is 57.4 Å². The molecule has 1 saturated heterocycles. The van der Waals surface area contributed by atoms with Gasteiger partial charge in [-0.25, -0.2) is 9.97 Å². The molecule has 3 heterocycles. The first-order valence-corrected chi connectivity index (χ1v) is 9.93. The van der Waals surface area contributed by atoms with Crippen molar-refractivity contribution < 1.29 is 4.94 Å². The van der Waals surface area contributed by atoms with Gasteiger partial charge in [0, 0.05) is 31.6 Å². The minimum atomic E-state index is 0.428. The number of benzene rings is 1. The van der Waals surface area contributed by atoms with Crippen LogP contribution in [-0.2, 0) is 0 Å². The number of imidazole rings is 1. The summed E-state index contributed by atoms with van der Waals surface area (Å²) in [5.74, 6) is 0.428. The fraction of sp³-hybridized carbons (Fsp3) is 0.500. The zero-order chi connectivity index (χ0) is 19.8. The lowest BCUT2D eigenvalue weighted by Crippen LogP contribution is -2.49. The van der Waals surface area contributed by atoms with Gasteiger partial charge in [-0.15, -0.1) is 9.79 Å². The predicted molar refractivity (Wildman–Crippen MR) is 112 cm³/mol. The fourth-order valence-corrected chi connectivity index (χ4v) is 3.03. The summed E-state index contributed by atoms with van der Waals surface area (Å²) in [5.41, 5.74) is 8.43. The van der Waals surface area contributed by atoms with Crippen LogP contribution in [0.15, 0.2) is 30.6 Å². The van der Waals surface area contributed by atoms with E-state index in [1.54, 1.807) is 11.1 Å². The van der Waals surface area contributed by atoms with E-state index >= 15 is 0 Å². The second kappa shape index (κ2) is 10.1. The quantitative estimate of drug-likeness (QED) is 0.761. The maximum absolute atomic E-state index is 6.04. The van der Waals surface area contributed by atoms with E-state index in [0.29, 0.717) is 11.3 Å². The number of rotatable bonds is 3. The molecule has 1 aromatic carbocycles. The third-order valence-electron chi connectivity index (χ3n) is 4.36. The largest absolute Gasteiger partial charge is 0.382 e. The number of nitrogen functional groups attached to an aromatic ring is 1. The third kappa shape index (κ3) is 4.48. The van der Waals surface area contributed by atoms with Gasteiger partial charge in [0.15, 0.2) is 5.82 Å². The molecule has 0 atom stereocenters. The lowest BCUT2D eigenvalue weighted by molar-refractivity contribution is -0.175. The molecule has 0 amide bonds. The third-order valence-corrected chi connectivity index (χ3v) is 4.36. The first-order valence-electron chi connectivity index (χ1n) is 9.93. The summed E-state index contributed by atoms with van der Waals surface area (Å²) in [6, 6.07) is 7.90. The van der Waals surface area contributed by atoms with Crippen molar-refractivity contribution in [2.75, 3.05) is 38.5 Å². The second-order valence-corrected chi connectivity index (χ2v) is 5.73. The van der Waals surface area contributed by atoms with Gasteiger partial charge >= 0.3 is 0 Å². The minimum absolute atomic E-state index is 0.428. The van der Waals surface area contributed by atoms with Gasteiger partial charge in [0.25, 0.3) is 0 Å². The summed E-state index contributed by atoms with van der Waals surface area (Å²) in [7, 11) is 0. The summed E-state index contributed by atoms with van der Waals surface area (Å²) >= 11 is 0. The zero-order valence-electron chi connectivity index (χ0n) is 17.1. The molecule has 0 saturated carbocycles. The number of fused-ring (bicyclic) bond motifs is 3. The summed E-state index contributed by atoms with van der Waals surface area (Å²) in [4.78, 5) is 17.2. The molecule has 2 N–H and O–H groups in total. The van der Waals surface area contributed by atoms with E-state index < -0.39 is 0 Å². The number of hydroxylamine groups is 2. The van der Waals surface area contributed by atoms with Gasteiger partial charge in [-0.1, -0.05) is 52.8 Å². The molecule has 0 radical (unpaired) electrons. The normalized spacial score (nSPS) is 15.0. The van der Waals surface area contributed by atoms with Gasteiger partial charge < -0.3 is 15.6 Å². The Labute approximate surface area is 161 Å². The highest BCUT2D eigenvalue weighted by molar-refractivity contribution is 6.06. The van der Waals surface area contributed by atoms with Crippen molar-refractivity contribution in [2.24, 2.45) is 0 Å². The molecule has 1 aliphatic rings. The van der Waals surface area contributed by atoms with Crippen LogP contribution in [0.2, 0.25) is 0 Å². The highest BCUT2D eigenvalue weighted by atomic mass is 16.8. The lowest BCUT2D eigenvalue weighted by Gasteiger charge is -2.32. The molecule has 0 unspecified atom stereocenters. The molecule has 0 spiro atoms. The van der Waals surface area contributed by atoms with E-state index in [1.807, 2.05) is 57.0 Å². The van der Waals surface area contributed by atoms with Crippen molar-refractivity contribution in [1.82, 2.24) is 24.7 Å². The molecule has 7 heteroatoms. The van der Waals surface area contributed by atoms with E-state index in [4.69, 9.17) is 10.7 Å². The van der Waals surface area contributed by atoms with Crippen molar-refractivity contribution in [3.8, 4) is 0 Å². The molecule has 7 nitrogen and oxygen atoms in total. The Hall–Kier alpha value is -2.38. The van der Waals surface area contributed by atoms with Crippen LogP contribution in [0.1, 0.15) is 34.6 Å². The van der Waals surface area contributed by atoms with Crippen molar-refractivity contribution in [1.29, 1.82) is 0 Å². The van der Waals surface area contributed by atoms with Crippen LogP contribution < -0.4 is 10.7 Å². The van der Waals surface area contributed by atoms with E-state index in [-0.39, 0.29) is 0 Å². The average Bonchev–Trinajstić information content (AvgIpc) is 3.16. The molecule has 2 aromatic heterocycles. The highest BCUT2D eigenvalue weighted by Crippen LogP contribution is 2.26. The lowest BCUT2D eigenvalue weighted by atomic mass is 10.2. The van der Waals surface area contributed by atoms with Crippen LogP contribution in [0, 0.1) is 0 Å². The number of anilines is 1. The summed E-state index contributed by atoms with van der Waals surface area (Å²) in [6.07, 6.45) is 1.67. The molecule has 1 fully saturated rings. The first-order chi connectivity index (χ1) is 13.3. The molecule has 3 aromatic rings. The van der Waals surface area contributed by atoms with Crippen molar-refractivity contribution in [2.45, 2.75) is 34.6 Å². The predicted octanol–water partition coefficient (Wildman–Crippen LogP) is 3.20. The van der Waals surface area contributed by atoms with E-state index in [2.05, 4.69) is 21.8 Å². The fourth-order valence-electron chi connectivity index (χ4n) is 3.03. The van der Waals surface area contributed by atoms with Gasteiger partial charge in [-0.2, -0.15) is 0 Å². The number of para-hydroxylation sites is 1. The van der Waals surface area contributed by atoms with Crippen molar-refractivity contribution in [3.63, 3.8) is 0 Å². The number of hydrogen-bond donors (Lipinski definition) is 1. The first kappa shape index (κ1) is 20.9. The SMILES string of the molecule is CC.CC.CCN1CCN(On2cnc3c(N)nc4ccccc4c32)CC1. The Balaban J connectivity index is 0.000000614. The van der Waals surface area contributed by atoms with Crippen molar-refractivity contribution >= 4 is 27.8 Å².